The molecule has 6 heteroatoms. The summed E-state index contributed by atoms with van der Waals surface area (Å²) in [5.41, 5.74) is 0.416. The van der Waals surface area contributed by atoms with Crippen LogP contribution in [0.1, 0.15) is 30.1 Å². The summed E-state index contributed by atoms with van der Waals surface area (Å²) in [6.07, 6.45) is 1.91. The third kappa shape index (κ3) is 2.75. The Bertz CT molecular complexity index is 774. The molecule has 1 atom stereocenters. The van der Waals surface area contributed by atoms with Gasteiger partial charge in [-0.3, -0.25) is 9.59 Å². The molecule has 116 valence electrons. The number of benzene rings is 1. The lowest BCUT2D eigenvalue weighted by atomic mass is 10.1. The minimum Gasteiger partial charge on any atom is -0.326 e. The van der Waals surface area contributed by atoms with Gasteiger partial charge in [0.25, 0.3) is 5.91 Å². The number of fused-ring (bicyclic) bond motifs is 1. The number of pyridine rings is 1. The Balaban J connectivity index is 2.07. The van der Waals surface area contributed by atoms with Gasteiger partial charge in [0.05, 0.1) is 10.9 Å². The number of nitrogens with zero attached hydrogens (tertiary/aromatic N) is 1. The number of nitrogens with one attached hydrogen (secondary N) is 1. The Labute approximate surface area is 131 Å². The quantitative estimate of drug-likeness (QED) is 0.946. The van der Waals surface area contributed by atoms with Gasteiger partial charge in [-0.05, 0) is 24.6 Å². The van der Waals surface area contributed by atoms with Crippen molar-refractivity contribution >= 4 is 28.6 Å². The summed E-state index contributed by atoms with van der Waals surface area (Å²) in [7, 11) is 0. The van der Waals surface area contributed by atoms with Gasteiger partial charge in [0.15, 0.2) is 0 Å². The van der Waals surface area contributed by atoms with Gasteiger partial charge >= 0.3 is 0 Å². The number of thioether (sulfide) groups is 1. The van der Waals surface area contributed by atoms with Crippen molar-refractivity contribution < 1.29 is 9.18 Å². The molecule has 1 fully saturated rings. The fourth-order valence-corrected chi connectivity index (χ4v) is 4.15. The van der Waals surface area contributed by atoms with Crippen LogP contribution in [-0.4, -0.2) is 33.5 Å². The zero-order valence-electron chi connectivity index (χ0n) is 12.3. The van der Waals surface area contributed by atoms with Gasteiger partial charge in [0.1, 0.15) is 5.82 Å². The third-order valence-electron chi connectivity index (χ3n) is 3.82. The molecule has 0 bridgehead atoms. The summed E-state index contributed by atoms with van der Waals surface area (Å²) in [6.45, 7) is 2.75. The first-order chi connectivity index (χ1) is 10.6. The molecule has 0 spiro atoms. The third-order valence-corrected chi connectivity index (χ3v) is 5.12. The summed E-state index contributed by atoms with van der Waals surface area (Å²) < 4.78 is 13.5. The first-order valence-electron chi connectivity index (χ1n) is 7.35. The van der Waals surface area contributed by atoms with E-state index in [1.54, 1.807) is 16.7 Å². The molecule has 0 unspecified atom stereocenters. The minimum atomic E-state index is -0.422. The Kier molecular flexibility index (Phi) is 4.20. The zero-order valence-corrected chi connectivity index (χ0v) is 13.1. The summed E-state index contributed by atoms with van der Waals surface area (Å²) in [5, 5.41) is 0.595. The normalized spacial score (nSPS) is 18.1. The lowest BCUT2D eigenvalue weighted by Gasteiger charge is -2.24. The van der Waals surface area contributed by atoms with Crippen LogP contribution in [0.3, 0.4) is 0 Å². The first kappa shape index (κ1) is 15.1. The van der Waals surface area contributed by atoms with Gasteiger partial charge in [-0.1, -0.05) is 13.3 Å². The Morgan fingerprint density at radius 2 is 2.27 bits per heavy atom. The molecule has 2 heterocycles. The second-order valence-corrected chi connectivity index (χ2v) is 6.64. The van der Waals surface area contributed by atoms with Crippen LogP contribution in [-0.2, 0) is 0 Å². The highest BCUT2D eigenvalue weighted by atomic mass is 32.2. The summed E-state index contributed by atoms with van der Waals surface area (Å²) >= 11 is 1.76. The average Bonchev–Trinajstić information content (AvgIpc) is 2.95. The van der Waals surface area contributed by atoms with E-state index in [-0.39, 0.29) is 22.4 Å². The summed E-state index contributed by atoms with van der Waals surface area (Å²) in [5.74, 6) is 0.283. The highest BCUT2D eigenvalue weighted by molar-refractivity contribution is 8.00. The molecule has 0 saturated carbocycles. The zero-order chi connectivity index (χ0) is 15.7. The van der Waals surface area contributed by atoms with E-state index >= 15 is 0 Å². The van der Waals surface area contributed by atoms with Crippen molar-refractivity contribution in [1.82, 2.24) is 9.88 Å². The van der Waals surface area contributed by atoms with E-state index in [4.69, 9.17) is 0 Å². The number of halogens is 1. The van der Waals surface area contributed by atoms with Crippen molar-refractivity contribution in [1.29, 1.82) is 0 Å². The second kappa shape index (κ2) is 6.12. The number of hydrogen-bond donors (Lipinski definition) is 1. The molecule has 1 aliphatic rings. The van der Waals surface area contributed by atoms with Crippen LogP contribution in [0.5, 0.6) is 0 Å². The van der Waals surface area contributed by atoms with Crippen LogP contribution in [0.2, 0.25) is 0 Å². The lowest BCUT2D eigenvalue weighted by Crippen LogP contribution is -2.35. The largest absolute Gasteiger partial charge is 0.326 e. The van der Waals surface area contributed by atoms with Gasteiger partial charge in [-0.25, -0.2) is 4.39 Å². The van der Waals surface area contributed by atoms with Crippen molar-refractivity contribution in [3.63, 3.8) is 0 Å². The van der Waals surface area contributed by atoms with E-state index in [2.05, 4.69) is 11.9 Å². The average molecular weight is 320 g/mol. The summed E-state index contributed by atoms with van der Waals surface area (Å²) in [4.78, 5) is 29.1. The van der Waals surface area contributed by atoms with Crippen molar-refractivity contribution in [3.8, 4) is 0 Å². The van der Waals surface area contributed by atoms with Crippen LogP contribution in [0.4, 0.5) is 4.39 Å². The number of aromatic nitrogens is 1. The van der Waals surface area contributed by atoms with Gasteiger partial charge < -0.3 is 9.88 Å². The van der Waals surface area contributed by atoms with Gasteiger partial charge in [0, 0.05) is 29.3 Å². The fourth-order valence-electron chi connectivity index (χ4n) is 2.80. The Morgan fingerprint density at radius 1 is 1.45 bits per heavy atom. The number of carbonyl (C=O) groups excluding carboxylic acids is 1. The Morgan fingerprint density at radius 3 is 3.05 bits per heavy atom. The summed E-state index contributed by atoms with van der Waals surface area (Å²) in [6, 6.07) is 5.34. The van der Waals surface area contributed by atoms with Crippen molar-refractivity contribution in [2.45, 2.75) is 25.1 Å². The molecule has 4 nitrogen and oxygen atoms in total. The Hall–Kier alpha value is -1.82. The number of carbonyl (C=O) groups is 1. The van der Waals surface area contributed by atoms with Crippen LogP contribution >= 0.6 is 11.8 Å². The van der Waals surface area contributed by atoms with Gasteiger partial charge in [-0.15, -0.1) is 11.8 Å². The molecule has 1 saturated heterocycles. The highest BCUT2D eigenvalue weighted by Gasteiger charge is 2.30. The predicted octanol–water partition coefficient (Wildman–Crippen LogP) is 2.98. The maximum atomic E-state index is 13.5. The smallest absolute Gasteiger partial charge is 0.255 e. The monoisotopic (exact) mass is 320 g/mol. The molecule has 1 aromatic carbocycles. The second-order valence-electron chi connectivity index (χ2n) is 5.35. The molecule has 2 aromatic rings. The van der Waals surface area contributed by atoms with E-state index in [9.17, 15) is 14.0 Å². The van der Waals surface area contributed by atoms with Gasteiger partial charge in [0.2, 0.25) is 5.56 Å². The molecule has 0 aliphatic carbocycles. The van der Waals surface area contributed by atoms with Crippen LogP contribution in [0.25, 0.3) is 10.9 Å². The molecule has 3 rings (SSSR count). The fraction of sp³-hybridized carbons (Fsp3) is 0.375. The van der Waals surface area contributed by atoms with Crippen molar-refractivity contribution in [2.24, 2.45) is 0 Å². The standard InChI is InChI=1S/C16H17FN2O2S/c1-2-3-15-19(6-7-22-15)16(21)12-9-14(20)18-13-5-4-10(17)8-11(12)13/h4-5,8-9,15H,2-3,6-7H2,1H3,(H,18,20)/t15-/m0/s1. The molecule has 1 aromatic heterocycles. The molecule has 22 heavy (non-hydrogen) atoms. The van der Waals surface area contributed by atoms with Gasteiger partial charge in [-0.2, -0.15) is 0 Å². The molecule has 1 N–H and O–H groups in total. The van der Waals surface area contributed by atoms with E-state index in [1.165, 1.54) is 24.3 Å². The van der Waals surface area contributed by atoms with Crippen LogP contribution in [0, 0.1) is 5.82 Å². The minimum absolute atomic E-state index is 0.139. The number of H-pyrrole nitrogens is 1. The van der Waals surface area contributed by atoms with Crippen molar-refractivity contribution in [3.05, 3.63) is 46.0 Å². The number of hydrogen-bond acceptors (Lipinski definition) is 3. The topological polar surface area (TPSA) is 53.2 Å². The molecule has 1 amide bonds. The maximum Gasteiger partial charge on any atom is 0.255 e. The predicted molar refractivity (Wildman–Crippen MR) is 86.7 cm³/mol. The molecule has 1 aliphatic heterocycles. The van der Waals surface area contributed by atoms with Crippen LogP contribution in [0.15, 0.2) is 29.1 Å². The number of aromatic amines is 1. The van der Waals surface area contributed by atoms with Crippen LogP contribution < -0.4 is 5.56 Å². The number of amides is 1. The maximum absolute atomic E-state index is 13.5. The SMILES string of the molecule is CCC[C@@H]1SCCN1C(=O)c1cc(=O)[nH]c2ccc(F)cc12. The highest BCUT2D eigenvalue weighted by Crippen LogP contribution is 2.30. The lowest BCUT2D eigenvalue weighted by molar-refractivity contribution is 0.0758. The van der Waals surface area contributed by atoms with E-state index in [0.717, 1.165) is 18.6 Å². The van der Waals surface area contributed by atoms with E-state index in [0.29, 0.717) is 17.4 Å². The first-order valence-corrected chi connectivity index (χ1v) is 8.40. The number of rotatable bonds is 3. The molecular weight excluding hydrogens is 303 g/mol. The molecule has 0 radical (unpaired) electrons. The van der Waals surface area contributed by atoms with Crippen molar-refractivity contribution in [2.75, 3.05) is 12.3 Å². The van der Waals surface area contributed by atoms with E-state index < -0.39 is 5.82 Å². The van der Waals surface area contributed by atoms with E-state index in [1.807, 2.05) is 0 Å². The molecular formula is C16H17FN2O2S.